The molecular formula is C13H14O3. The summed E-state index contributed by atoms with van der Waals surface area (Å²) in [4.78, 5) is 22.7. The maximum absolute atomic E-state index is 11.8. The third-order valence-corrected chi connectivity index (χ3v) is 3.49. The highest BCUT2D eigenvalue weighted by molar-refractivity contribution is 6.37. The summed E-state index contributed by atoms with van der Waals surface area (Å²) in [5.74, 6) is -1.80. The van der Waals surface area contributed by atoms with E-state index in [1.807, 2.05) is 37.3 Å². The van der Waals surface area contributed by atoms with Crippen LogP contribution in [0.3, 0.4) is 0 Å². The first kappa shape index (κ1) is 10.9. The molecule has 1 fully saturated rings. The molecule has 0 radical (unpaired) electrons. The molecule has 1 aliphatic carbocycles. The average Bonchev–Trinajstić information content (AvgIpc) is 3.04. The predicted molar refractivity (Wildman–Crippen MR) is 59.2 cm³/mol. The number of aliphatic carboxylic acids is 1. The Hall–Kier alpha value is -1.64. The number of rotatable bonds is 4. The van der Waals surface area contributed by atoms with Crippen LogP contribution in [-0.4, -0.2) is 16.9 Å². The molecule has 0 spiro atoms. The van der Waals surface area contributed by atoms with E-state index < -0.39 is 17.2 Å². The van der Waals surface area contributed by atoms with Gasteiger partial charge in [-0.05, 0) is 17.9 Å². The first-order valence-corrected chi connectivity index (χ1v) is 5.46. The Morgan fingerprint density at radius 1 is 1.38 bits per heavy atom. The van der Waals surface area contributed by atoms with Crippen molar-refractivity contribution >= 4 is 11.8 Å². The van der Waals surface area contributed by atoms with Gasteiger partial charge in [-0.1, -0.05) is 43.7 Å². The summed E-state index contributed by atoms with van der Waals surface area (Å²) in [6.45, 7) is 1.99. The molecule has 1 aromatic rings. The summed E-state index contributed by atoms with van der Waals surface area (Å²) < 4.78 is 0. The molecule has 2 unspecified atom stereocenters. The molecule has 3 heteroatoms. The highest BCUT2D eigenvalue weighted by Gasteiger charge is 2.61. The highest BCUT2D eigenvalue weighted by Crippen LogP contribution is 2.56. The van der Waals surface area contributed by atoms with Crippen LogP contribution >= 0.6 is 0 Å². The minimum atomic E-state index is -1.32. The number of Topliss-reactive ketones (excluding diaryl/α,β-unsaturated/α-hetero) is 1. The lowest BCUT2D eigenvalue weighted by Gasteiger charge is -2.13. The zero-order valence-corrected chi connectivity index (χ0v) is 9.14. The lowest BCUT2D eigenvalue weighted by Crippen LogP contribution is -2.30. The maximum atomic E-state index is 11.8. The van der Waals surface area contributed by atoms with Crippen molar-refractivity contribution in [3.8, 4) is 0 Å². The van der Waals surface area contributed by atoms with Gasteiger partial charge in [0.2, 0.25) is 0 Å². The second kappa shape index (κ2) is 3.74. The molecule has 0 aromatic heterocycles. The first-order chi connectivity index (χ1) is 7.63. The Bertz CT molecular complexity index is 424. The highest BCUT2D eigenvalue weighted by atomic mass is 16.4. The van der Waals surface area contributed by atoms with Gasteiger partial charge in [0.15, 0.2) is 0 Å². The van der Waals surface area contributed by atoms with Gasteiger partial charge in [0, 0.05) is 0 Å². The summed E-state index contributed by atoms with van der Waals surface area (Å²) in [7, 11) is 0. The number of hydrogen-bond donors (Lipinski definition) is 1. The molecule has 1 saturated carbocycles. The van der Waals surface area contributed by atoms with Gasteiger partial charge < -0.3 is 5.11 Å². The van der Waals surface area contributed by atoms with Crippen molar-refractivity contribution in [1.29, 1.82) is 0 Å². The van der Waals surface area contributed by atoms with Crippen molar-refractivity contribution in [1.82, 2.24) is 0 Å². The van der Waals surface area contributed by atoms with E-state index in [4.69, 9.17) is 5.11 Å². The number of benzene rings is 1. The van der Waals surface area contributed by atoms with E-state index in [1.165, 1.54) is 0 Å². The average molecular weight is 218 g/mol. The van der Waals surface area contributed by atoms with Crippen LogP contribution < -0.4 is 0 Å². The van der Waals surface area contributed by atoms with Crippen molar-refractivity contribution < 1.29 is 14.7 Å². The molecule has 0 aliphatic heterocycles. The summed E-state index contributed by atoms with van der Waals surface area (Å²) in [6.07, 6.45) is 1.51. The van der Waals surface area contributed by atoms with Crippen molar-refractivity contribution in [2.75, 3.05) is 0 Å². The number of ketones is 1. The van der Waals surface area contributed by atoms with Crippen molar-refractivity contribution in [2.45, 2.75) is 25.2 Å². The molecule has 3 nitrogen and oxygen atoms in total. The van der Waals surface area contributed by atoms with Crippen LogP contribution in [0, 0.1) is 5.92 Å². The third-order valence-electron chi connectivity index (χ3n) is 3.49. The van der Waals surface area contributed by atoms with Gasteiger partial charge in [-0.3, -0.25) is 4.79 Å². The van der Waals surface area contributed by atoms with E-state index in [1.54, 1.807) is 0 Å². The Kier molecular flexibility index (Phi) is 2.54. The number of carbonyl (C=O) groups excluding carboxylic acids is 1. The fourth-order valence-corrected chi connectivity index (χ4v) is 2.51. The van der Waals surface area contributed by atoms with Gasteiger partial charge in [-0.2, -0.15) is 0 Å². The third kappa shape index (κ3) is 1.43. The monoisotopic (exact) mass is 218 g/mol. The molecule has 84 valence electrons. The fourth-order valence-electron chi connectivity index (χ4n) is 2.51. The van der Waals surface area contributed by atoms with Crippen LogP contribution in [0.1, 0.15) is 25.3 Å². The van der Waals surface area contributed by atoms with E-state index in [0.717, 1.165) is 12.0 Å². The maximum Gasteiger partial charge on any atom is 0.373 e. The van der Waals surface area contributed by atoms with Crippen LogP contribution in [0.5, 0.6) is 0 Å². The molecule has 1 aromatic carbocycles. The number of carboxylic acids is 1. The van der Waals surface area contributed by atoms with Crippen molar-refractivity contribution in [3.63, 3.8) is 0 Å². The Morgan fingerprint density at radius 2 is 2.00 bits per heavy atom. The quantitative estimate of drug-likeness (QED) is 0.786. The number of carbonyl (C=O) groups is 2. The largest absolute Gasteiger partial charge is 0.475 e. The Balaban J connectivity index is 2.40. The normalized spacial score (nSPS) is 27.4. The smallest absolute Gasteiger partial charge is 0.373 e. The van der Waals surface area contributed by atoms with E-state index >= 15 is 0 Å². The molecule has 16 heavy (non-hydrogen) atoms. The molecule has 0 heterocycles. The van der Waals surface area contributed by atoms with E-state index in [0.29, 0.717) is 6.42 Å². The number of carboxylic acid groups (broad SMARTS) is 1. The molecule has 2 rings (SSSR count). The van der Waals surface area contributed by atoms with Crippen LogP contribution in [0.15, 0.2) is 30.3 Å². The van der Waals surface area contributed by atoms with E-state index in [2.05, 4.69) is 0 Å². The summed E-state index contributed by atoms with van der Waals surface area (Å²) in [5.41, 5.74) is 0.0937. The Morgan fingerprint density at radius 3 is 2.44 bits per heavy atom. The first-order valence-electron chi connectivity index (χ1n) is 5.46. The SMILES string of the molecule is CCC1CC1(C(=O)C(=O)O)c1ccccc1. The van der Waals surface area contributed by atoms with Gasteiger partial charge in [0.1, 0.15) is 0 Å². The summed E-state index contributed by atoms with van der Waals surface area (Å²) >= 11 is 0. The molecular weight excluding hydrogens is 204 g/mol. The van der Waals surface area contributed by atoms with Gasteiger partial charge in [0.25, 0.3) is 5.78 Å². The zero-order chi connectivity index (χ0) is 11.8. The molecule has 1 N–H and O–H groups in total. The zero-order valence-electron chi connectivity index (χ0n) is 9.14. The molecule has 2 atom stereocenters. The van der Waals surface area contributed by atoms with Crippen LogP contribution in [0.4, 0.5) is 0 Å². The predicted octanol–water partition coefficient (Wildman–Crippen LogP) is 2.01. The second-order valence-electron chi connectivity index (χ2n) is 4.28. The fraction of sp³-hybridized carbons (Fsp3) is 0.385. The standard InChI is InChI=1S/C13H14O3/c1-2-9-8-13(9,11(14)12(15)16)10-6-4-3-5-7-10/h3-7,9H,2,8H2,1H3,(H,15,16). The molecule has 1 aliphatic rings. The minimum absolute atomic E-state index is 0.179. The lowest BCUT2D eigenvalue weighted by molar-refractivity contribution is -0.150. The lowest BCUT2D eigenvalue weighted by atomic mass is 9.88. The topological polar surface area (TPSA) is 54.4 Å². The van der Waals surface area contributed by atoms with Gasteiger partial charge in [-0.25, -0.2) is 4.79 Å². The molecule has 0 bridgehead atoms. The van der Waals surface area contributed by atoms with Crippen molar-refractivity contribution in [2.24, 2.45) is 5.92 Å². The van der Waals surface area contributed by atoms with E-state index in [-0.39, 0.29) is 5.92 Å². The summed E-state index contributed by atoms with van der Waals surface area (Å²) in [5, 5.41) is 8.88. The van der Waals surface area contributed by atoms with Crippen LogP contribution in [0.25, 0.3) is 0 Å². The second-order valence-corrected chi connectivity index (χ2v) is 4.28. The van der Waals surface area contributed by atoms with E-state index in [9.17, 15) is 9.59 Å². The number of hydrogen-bond acceptors (Lipinski definition) is 2. The van der Waals surface area contributed by atoms with Gasteiger partial charge >= 0.3 is 5.97 Å². The minimum Gasteiger partial charge on any atom is -0.475 e. The summed E-state index contributed by atoms with van der Waals surface area (Å²) in [6, 6.07) is 9.24. The van der Waals surface area contributed by atoms with Gasteiger partial charge in [0.05, 0.1) is 5.41 Å². The molecule has 0 saturated heterocycles. The van der Waals surface area contributed by atoms with Gasteiger partial charge in [-0.15, -0.1) is 0 Å². The molecule has 0 amide bonds. The Labute approximate surface area is 94.1 Å². The van der Waals surface area contributed by atoms with Crippen LogP contribution in [-0.2, 0) is 15.0 Å². The van der Waals surface area contributed by atoms with Crippen molar-refractivity contribution in [3.05, 3.63) is 35.9 Å². The van der Waals surface area contributed by atoms with Crippen LogP contribution in [0.2, 0.25) is 0 Å².